The van der Waals surface area contributed by atoms with Gasteiger partial charge in [-0.15, -0.1) is 0 Å². The summed E-state index contributed by atoms with van der Waals surface area (Å²) in [5.74, 6) is -0.268. The van der Waals surface area contributed by atoms with Gasteiger partial charge in [0.05, 0.1) is 4.90 Å². The third-order valence-electron chi connectivity index (χ3n) is 3.93. The van der Waals surface area contributed by atoms with Gasteiger partial charge in [-0.05, 0) is 54.8 Å². The lowest BCUT2D eigenvalue weighted by molar-refractivity contribution is 0.102. The van der Waals surface area contributed by atoms with Crippen molar-refractivity contribution in [2.75, 3.05) is 19.4 Å². The number of hydrogen-bond acceptors (Lipinski definition) is 3. The van der Waals surface area contributed by atoms with Crippen LogP contribution in [0, 0.1) is 0 Å². The number of nitrogens with one attached hydrogen (secondary N) is 1. The van der Waals surface area contributed by atoms with Crippen molar-refractivity contribution in [1.29, 1.82) is 0 Å². The summed E-state index contributed by atoms with van der Waals surface area (Å²) in [6.45, 7) is 2.16. The van der Waals surface area contributed by atoms with E-state index in [2.05, 4.69) is 12.2 Å². The van der Waals surface area contributed by atoms with E-state index in [1.807, 2.05) is 24.3 Å². The van der Waals surface area contributed by atoms with Gasteiger partial charge in [-0.1, -0.05) is 25.5 Å². The van der Waals surface area contributed by atoms with Crippen LogP contribution in [0.3, 0.4) is 0 Å². The number of aryl methyl sites for hydroxylation is 1. The molecule has 0 unspecified atom stereocenters. The van der Waals surface area contributed by atoms with Crippen molar-refractivity contribution < 1.29 is 13.2 Å². The van der Waals surface area contributed by atoms with Gasteiger partial charge in [0.15, 0.2) is 0 Å². The smallest absolute Gasteiger partial charge is 0.255 e. The van der Waals surface area contributed by atoms with Crippen LogP contribution in [-0.2, 0) is 16.4 Å². The lowest BCUT2D eigenvalue weighted by atomic mass is 10.1. The predicted octanol–water partition coefficient (Wildman–Crippen LogP) is 3.53. The number of nitrogens with zero attached hydrogens (tertiary/aromatic N) is 1. The Kier molecular flexibility index (Phi) is 6.33. The third kappa shape index (κ3) is 4.90. The number of sulfonamides is 1. The number of carbonyl (C=O) groups excluding carboxylic acids is 1. The first-order valence-corrected chi connectivity index (χ1v) is 9.71. The maximum absolute atomic E-state index is 12.3. The number of hydrogen-bond donors (Lipinski definition) is 1. The minimum Gasteiger partial charge on any atom is -0.322 e. The molecule has 0 aromatic heterocycles. The monoisotopic (exact) mass is 360 g/mol. The number of anilines is 1. The summed E-state index contributed by atoms with van der Waals surface area (Å²) in [6.07, 6.45) is 3.33. The van der Waals surface area contributed by atoms with Crippen molar-refractivity contribution in [2.24, 2.45) is 0 Å². The van der Waals surface area contributed by atoms with E-state index >= 15 is 0 Å². The average molecular weight is 360 g/mol. The van der Waals surface area contributed by atoms with E-state index < -0.39 is 10.0 Å². The molecule has 134 valence electrons. The van der Waals surface area contributed by atoms with E-state index in [4.69, 9.17) is 0 Å². The van der Waals surface area contributed by atoms with Crippen LogP contribution in [0.5, 0.6) is 0 Å². The Balaban J connectivity index is 2.06. The molecule has 0 radical (unpaired) electrons. The minimum absolute atomic E-state index is 0.161. The number of rotatable bonds is 7. The van der Waals surface area contributed by atoms with Gasteiger partial charge in [-0.3, -0.25) is 4.79 Å². The van der Waals surface area contributed by atoms with Gasteiger partial charge in [0.2, 0.25) is 10.0 Å². The quantitative estimate of drug-likeness (QED) is 0.821. The molecule has 0 aliphatic heterocycles. The number of amides is 1. The maximum atomic E-state index is 12.3. The van der Waals surface area contributed by atoms with Crippen LogP contribution in [0.4, 0.5) is 5.69 Å². The summed E-state index contributed by atoms with van der Waals surface area (Å²) >= 11 is 0. The first kappa shape index (κ1) is 19.1. The standard InChI is InChI=1S/C19H24N2O3S/c1-4-5-6-15-7-11-17(12-8-15)20-19(22)16-9-13-18(14-10-16)25(23,24)21(2)3/h7-14H,4-6H2,1-3H3,(H,20,22). The molecular formula is C19H24N2O3S. The third-order valence-corrected chi connectivity index (χ3v) is 5.76. The molecule has 1 amide bonds. The van der Waals surface area contributed by atoms with Crippen molar-refractivity contribution in [3.05, 3.63) is 59.7 Å². The van der Waals surface area contributed by atoms with Crippen molar-refractivity contribution in [1.82, 2.24) is 4.31 Å². The molecule has 5 nitrogen and oxygen atoms in total. The van der Waals surface area contributed by atoms with Crippen molar-refractivity contribution in [2.45, 2.75) is 31.1 Å². The van der Waals surface area contributed by atoms with E-state index in [1.165, 1.54) is 43.9 Å². The van der Waals surface area contributed by atoms with Crippen LogP contribution in [0.1, 0.15) is 35.7 Å². The van der Waals surface area contributed by atoms with Crippen LogP contribution in [-0.4, -0.2) is 32.7 Å². The molecular weight excluding hydrogens is 336 g/mol. The van der Waals surface area contributed by atoms with E-state index in [1.54, 1.807) is 0 Å². The first-order valence-electron chi connectivity index (χ1n) is 8.27. The molecule has 0 saturated heterocycles. The summed E-state index contributed by atoms with van der Waals surface area (Å²) in [6, 6.07) is 13.7. The summed E-state index contributed by atoms with van der Waals surface area (Å²) in [7, 11) is -0.544. The zero-order valence-corrected chi connectivity index (χ0v) is 15.6. The number of benzene rings is 2. The molecule has 0 atom stereocenters. The summed E-state index contributed by atoms with van der Waals surface area (Å²) in [5.41, 5.74) is 2.38. The second kappa shape index (κ2) is 8.27. The topological polar surface area (TPSA) is 66.5 Å². The summed E-state index contributed by atoms with van der Waals surface area (Å²) < 4.78 is 25.2. The second-order valence-electron chi connectivity index (χ2n) is 6.07. The molecule has 1 N–H and O–H groups in total. The largest absolute Gasteiger partial charge is 0.322 e. The highest BCUT2D eigenvalue weighted by Crippen LogP contribution is 2.16. The fourth-order valence-corrected chi connectivity index (χ4v) is 3.23. The van der Waals surface area contributed by atoms with Crippen molar-refractivity contribution >= 4 is 21.6 Å². The van der Waals surface area contributed by atoms with E-state index in [9.17, 15) is 13.2 Å². The molecule has 0 heterocycles. The van der Waals surface area contributed by atoms with Gasteiger partial charge < -0.3 is 5.32 Å². The fourth-order valence-electron chi connectivity index (χ4n) is 2.33. The van der Waals surface area contributed by atoms with Crippen LogP contribution in [0.15, 0.2) is 53.4 Å². The predicted molar refractivity (Wildman–Crippen MR) is 100 cm³/mol. The first-order chi connectivity index (χ1) is 11.8. The fraction of sp³-hybridized carbons (Fsp3) is 0.316. The second-order valence-corrected chi connectivity index (χ2v) is 8.22. The highest BCUT2D eigenvalue weighted by Gasteiger charge is 2.17. The van der Waals surface area contributed by atoms with Crippen LogP contribution in [0.25, 0.3) is 0 Å². The Morgan fingerprint density at radius 2 is 1.60 bits per heavy atom. The van der Waals surface area contributed by atoms with Gasteiger partial charge in [-0.25, -0.2) is 12.7 Å². The molecule has 6 heteroatoms. The Bertz CT molecular complexity index is 811. The summed E-state index contributed by atoms with van der Waals surface area (Å²) in [4.78, 5) is 12.5. The summed E-state index contributed by atoms with van der Waals surface area (Å²) in [5, 5.41) is 2.82. The lowest BCUT2D eigenvalue weighted by Crippen LogP contribution is -2.22. The zero-order valence-electron chi connectivity index (χ0n) is 14.8. The van der Waals surface area contributed by atoms with E-state index in [-0.39, 0.29) is 10.8 Å². The van der Waals surface area contributed by atoms with Crippen LogP contribution >= 0.6 is 0 Å². The highest BCUT2D eigenvalue weighted by atomic mass is 32.2. The molecule has 2 rings (SSSR count). The number of unbranched alkanes of at least 4 members (excludes halogenated alkanes) is 1. The Morgan fingerprint density at radius 3 is 2.12 bits per heavy atom. The highest BCUT2D eigenvalue weighted by molar-refractivity contribution is 7.89. The van der Waals surface area contributed by atoms with Crippen LogP contribution in [0.2, 0.25) is 0 Å². The van der Waals surface area contributed by atoms with Crippen molar-refractivity contribution in [3.63, 3.8) is 0 Å². The Hall–Kier alpha value is -2.18. The number of carbonyl (C=O) groups is 1. The molecule has 0 spiro atoms. The molecule has 0 saturated carbocycles. The van der Waals surface area contributed by atoms with Crippen LogP contribution < -0.4 is 5.32 Å². The van der Waals surface area contributed by atoms with E-state index in [0.29, 0.717) is 5.56 Å². The molecule has 25 heavy (non-hydrogen) atoms. The normalized spacial score (nSPS) is 11.5. The lowest BCUT2D eigenvalue weighted by Gasteiger charge is -2.11. The Morgan fingerprint density at radius 1 is 1.00 bits per heavy atom. The average Bonchev–Trinajstić information content (AvgIpc) is 2.61. The molecule has 2 aromatic carbocycles. The van der Waals surface area contributed by atoms with E-state index in [0.717, 1.165) is 29.3 Å². The van der Waals surface area contributed by atoms with Gasteiger partial charge in [0.25, 0.3) is 5.91 Å². The molecule has 0 bridgehead atoms. The molecule has 0 aliphatic carbocycles. The van der Waals surface area contributed by atoms with Gasteiger partial charge in [0.1, 0.15) is 0 Å². The molecule has 0 aliphatic rings. The Labute approximate surface area is 149 Å². The SMILES string of the molecule is CCCCc1ccc(NC(=O)c2ccc(S(=O)(=O)N(C)C)cc2)cc1. The van der Waals surface area contributed by atoms with Gasteiger partial charge in [0, 0.05) is 25.3 Å². The van der Waals surface area contributed by atoms with Crippen molar-refractivity contribution in [3.8, 4) is 0 Å². The van der Waals surface area contributed by atoms with Gasteiger partial charge >= 0.3 is 0 Å². The molecule has 2 aromatic rings. The zero-order chi connectivity index (χ0) is 18.4. The molecule has 0 fully saturated rings. The minimum atomic E-state index is -3.49. The van der Waals surface area contributed by atoms with Gasteiger partial charge in [-0.2, -0.15) is 0 Å². The maximum Gasteiger partial charge on any atom is 0.255 e.